The van der Waals surface area contributed by atoms with Crippen LogP contribution in [0, 0.1) is 6.92 Å². The molecule has 1 aromatic carbocycles. The maximum absolute atomic E-state index is 12.7. The molecule has 1 atom stereocenters. The number of amides is 1. The first kappa shape index (κ1) is 25.7. The zero-order valence-electron chi connectivity index (χ0n) is 21.6. The Morgan fingerprint density at radius 1 is 1.11 bits per heavy atom. The number of nitrogens with zero attached hydrogens (tertiary/aromatic N) is 4. The molecule has 1 aliphatic rings. The first-order valence-corrected chi connectivity index (χ1v) is 14.4. The van der Waals surface area contributed by atoms with Crippen molar-refractivity contribution in [3.8, 4) is 11.4 Å². The van der Waals surface area contributed by atoms with Crippen LogP contribution in [0.4, 0.5) is 5.82 Å². The number of carbonyl (C=O) groups excluding carboxylic acids is 1. The minimum atomic E-state index is -3.43. The summed E-state index contributed by atoms with van der Waals surface area (Å²) in [4.78, 5) is 29.4. The molecule has 0 aliphatic carbocycles. The van der Waals surface area contributed by atoms with Crippen molar-refractivity contribution in [2.24, 2.45) is 0 Å². The molecule has 1 saturated heterocycles. The van der Waals surface area contributed by atoms with Crippen molar-refractivity contribution in [2.45, 2.75) is 31.3 Å². The van der Waals surface area contributed by atoms with Crippen LogP contribution in [0.1, 0.15) is 28.5 Å². The van der Waals surface area contributed by atoms with Crippen LogP contribution < -0.4 is 15.5 Å². The minimum Gasteiger partial charge on any atom is -0.351 e. The number of piperazine rings is 1. The van der Waals surface area contributed by atoms with Gasteiger partial charge in [-0.3, -0.25) is 9.78 Å². The third-order valence-corrected chi connectivity index (χ3v) is 7.94. The number of aromatic nitrogens is 3. The number of benzene rings is 1. The van der Waals surface area contributed by atoms with Gasteiger partial charge in [-0.15, -0.1) is 0 Å². The number of rotatable bonds is 6. The zero-order chi connectivity index (χ0) is 26.9. The van der Waals surface area contributed by atoms with Crippen LogP contribution in [-0.4, -0.2) is 61.2 Å². The van der Waals surface area contributed by atoms with E-state index in [1.165, 1.54) is 6.07 Å². The normalized spacial score (nSPS) is 16.0. The average Bonchev–Trinajstić information content (AvgIpc) is 2.91. The Labute approximate surface area is 222 Å². The molecule has 0 bridgehead atoms. The van der Waals surface area contributed by atoms with Gasteiger partial charge < -0.3 is 15.5 Å². The van der Waals surface area contributed by atoms with Gasteiger partial charge in [0, 0.05) is 49.1 Å². The van der Waals surface area contributed by atoms with Gasteiger partial charge in [0.1, 0.15) is 5.82 Å². The number of pyridine rings is 3. The molecule has 4 aromatic rings. The highest BCUT2D eigenvalue weighted by Crippen LogP contribution is 2.24. The van der Waals surface area contributed by atoms with Gasteiger partial charge in [-0.25, -0.2) is 18.4 Å². The van der Waals surface area contributed by atoms with Crippen molar-refractivity contribution in [3.63, 3.8) is 0 Å². The van der Waals surface area contributed by atoms with Gasteiger partial charge in [0.05, 0.1) is 34.0 Å². The van der Waals surface area contributed by atoms with Gasteiger partial charge in [0.2, 0.25) is 0 Å². The molecule has 1 fully saturated rings. The van der Waals surface area contributed by atoms with Crippen LogP contribution in [0.5, 0.6) is 0 Å². The summed E-state index contributed by atoms with van der Waals surface area (Å²) < 4.78 is 24.0. The van der Waals surface area contributed by atoms with Crippen molar-refractivity contribution in [1.82, 2.24) is 25.6 Å². The summed E-state index contributed by atoms with van der Waals surface area (Å²) in [6.45, 7) is 6.83. The summed E-state index contributed by atoms with van der Waals surface area (Å²) in [7, 11) is -3.43. The fraction of sp³-hybridized carbons (Fsp3) is 0.286. The molecule has 196 valence electrons. The molecular weight excluding hydrogens is 500 g/mol. The van der Waals surface area contributed by atoms with Crippen molar-refractivity contribution >= 4 is 32.5 Å². The lowest BCUT2D eigenvalue weighted by atomic mass is 10.1. The molecule has 9 nitrogen and oxygen atoms in total. The highest BCUT2D eigenvalue weighted by Gasteiger charge is 2.20. The molecule has 0 spiro atoms. The molecule has 2 N–H and O–H groups in total. The van der Waals surface area contributed by atoms with E-state index in [0.717, 1.165) is 54.0 Å². The number of aryl methyl sites for hydroxylation is 1. The molecule has 10 heteroatoms. The molecular formula is C28H30N6O3S. The SMILES string of the molecule is Cc1ccc(C(=O)NCc2cc3nc(-c4cccc(N5CCNC[C@@H]5C)n4)ccc3cn2)cc1S(C)(=O)=O. The lowest BCUT2D eigenvalue weighted by molar-refractivity contribution is 0.0950. The summed E-state index contributed by atoms with van der Waals surface area (Å²) in [6.07, 6.45) is 2.86. The quantitative estimate of drug-likeness (QED) is 0.391. The van der Waals surface area contributed by atoms with E-state index in [1.807, 2.05) is 36.4 Å². The lowest BCUT2D eigenvalue weighted by Crippen LogP contribution is -2.50. The van der Waals surface area contributed by atoms with Crippen LogP contribution in [0.25, 0.3) is 22.3 Å². The second-order valence-electron chi connectivity index (χ2n) is 9.63. The Bertz CT molecular complexity index is 1620. The van der Waals surface area contributed by atoms with Gasteiger partial charge in [-0.2, -0.15) is 0 Å². The number of hydrogen-bond donors (Lipinski definition) is 2. The Balaban J connectivity index is 1.35. The molecule has 0 unspecified atom stereocenters. The predicted molar refractivity (Wildman–Crippen MR) is 148 cm³/mol. The predicted octanol–water partition coefficient (Wildman–Crippen LogP) is 3.13. The standard InChI is InChI=1S/C28H30N6O3S/c1-18-7-8-20(13-26(18)38(3,36)37)28(35)31-17-22-14-25-21(16-30-22)9-10-24(32-25)23-5-4-6-27(33-23)34-12-11-29-15-19(34)2/h4-10,13-14,16,19,29H,11-12,15,17H2,1-3H3,(H,31,35)/t19-/m0/s1. The summed E-state index contributed by atoms with van der Waals surface area (Å²) in [6, 6.07) is 16.8. The molecule has 0 radical (unpaired) electrons. The van der Waals surface area contributed by atoms with Gasteiger partial charge in [0.25, 0.3) is 5.91 Å². The summed E-state index contributed by atoms with van der Waals surface area (Å²) >= 11 is 0. The molecule has 5 rings (SSSR count). The van der Waals surface area contributed by atoms with E-state index >= 15 is 0 Å². The Kier molecular flexibility index (Phi) is 7.09. The van der Waals surface area contributed by atoms with E-state index in [2.05, 4.69) is 27.4 Å². The van der Waals surface area contributed by atoms with Gasteiger partial charge in [0.15, 0.2) is 9.84 Å². The second kappa shape index (κ2) is 10.5. The topological polar surface area (TPSA) is 117 Å². The molecule has 3 aromatic heterocycles. The number of sulfone groups is 1. The second-order valence-corrected chi connectivity index (χ2v) is 11.6. The maximum atomic E-state index is 12.7. The first-order valence-electron chi connectivity index (χ1n) is 12.5. The van der Waals surface area contributed by atoms with Crippen molar-refractivity contribution in [2.75, 3.05) is 30.8 Å². The van der Waals surface area contributed by atoms with E-state index in [1.54, 1.807) is 25.3 Å². The van der Waals surface area contributed by atoms with Crippen LogP contribution in [-0.2, 0) is 16.4 Å². The first-order chi connectivity index (χ1) is 18.2. The van der Waals surface area contributed by atoms with Gasteiger partial charge >= 0.3 is 0 Å². The van der Waals surface area contributed by atoms with E-state index < -0.39 is 9.84 Å². The third-order valence-electron chi connectivity index (χ3n) is 6.70. The Morgan fingerprint density at radius 2 is 1.92 bits per heavy atom. The Morgan fingerprint density at radius 3 is 2.71 bits per heavy atom. The lowest BCUT2D eigenvalue weighted by Gasteiger charge is -2.35. The number of fused-ring (bicyclic) bond motifs is 1. The van der Waals surface area contributed by atoms with E-state index in [0.29, 0.717) is 17.3 Å². The molecule has 4 heterocycles. The van der Waals surface area contributed by atoms with Gasteiger partial charge in [-0.1, -0.05) is 12.1 Å². The molecule has 0 saturated carbocycles. The molecule has 1 amide bonds. The Hall–Kier alpha value is -3.89. The molecule has 1 aliphatic heterocycles. The maximum Gasteiger partial charge on any atom is 0.251 e. The summed E-state index contributed by atoms with van der Waals surface area (Å²) in [5.41, 5.74) is 3.83. The zero-order valence-corrected chi connectivity index (χ0v) is 22.4. The summed E-state index contributed by atoms with van der Waals surface area (Å²) in [5.74, 6) is 0.563. The van der Waals surface area contributed by atoms with Crippen molar-refractivity contribution in [3.05, 3.63) is 77.6 Å². The highest BCUT2D eigenvalue weighted by atomic mass is 32.2. The smallest absolute Gasteiger partial charge is 0.251 e. The van der Waals surface area contributed by atoms with E-state index in [4.69, 9.17) is 9.97 Å². The van der Waals surface area contributed by atoms with Crippen molar-refractivity contribution < 1.29 is 13.2 Å². The monoisotopic (exact) mass is 530 g/mol. The van der Waals surface area contributed by atoms with Gasteiger partial charge in [-0.05, 0) is 61.9 Å². The fourth-order valence-electron chi connectivity index (χ4n) is 4.62. The summed E-state index contributed by atoms with van der Waals surface area (Å²) in [5, 5.41) is 7.11. The highest BCUT2D eigenvalue weighted by molar-refractivity contribution is 7.90. The van der Waals surface area contributed by atoms with Crippen LogP contribution in [0.3, 0.4) is 0 Å². The van der Waals surface area contributed by atoms with Crippen LogP contribution >= 0.6 is 0 Å². The van der Waals surface area contributed by atoms with Crippen LogP contribution in [0.2, 0.25) is 0 Å². The van der Waals surface area contributed by atoms with E-state index in [-0.39, 0.29) is 22.9 Å². The van der Waals surface area contributed by atoms with Crippen LogP contribution in [0.15, 0.2) is 65.7 Å². The largest absolute Gasteiger partial charge is 0.351 e. The average molecular weight is 531 g/mol. The number of nitrogens with one attached hydrogen (secondary N) is 2. The third kappa shape index (κ3) is 5.51. The van der Waals surface area contributed by atoms with Crippen molar-refractivity contribution in [1.29, 1.82) is 0 Å². The minimum absolute atomic E-state index is 0.148. The number of anilines is 1. The number of carbonyl (C=O) groups is 1. The number of hydrogen-bond acceptors (Lipinski definition) is 8. The van der Waals surface area contributed by atoms with E-state index in [9.17, 15) is 13.2 Å². The fourth-order valence-corrected chi connectivity index (χ4v) is 5.61. The molecule has 38 heavy (non-hydrogen) atoms.